The van der Waals surface area contributed by atoms with E-state index in [-0.39, 0.29) is 17.5 Å². The third-order valence-corrected chi connectivity index (χ3v) is 4.07. The number of nitrogens with one attached hydrogen (secondary N) is 1. The molecule has 0 amide bonds. The summed E-state index contributed by atoms with van der Waals surface area (Å²) in [5.74, 6) is -0.534. The Bertz CT molecular complexity index is 484. The van der Waals surface area contributed by atoms with Crippen LogP contribution in [0.3, 0.4) is 0 Å². The fourth-order valence-corrected chi connectivity index (χ4v) is 2.67. The van der Waals surface area contributed by atoms with Gasteiger partial charge in [0.15, 0.2) is 0 Å². The van der Waals surface area contributed by atoms with Crippen molar-refractivity contribution in [1.82, 2.24) is 4.72 Å². The van der Waals surface area contributed by atoms with Gasteiger partial charge in [-0.3, -0.25) is 0 Å². The van der Waals surface area contributed by atoms with E-state index in [2.05, 4.69) is 4.72 Å². The summed E-state index contributed by atoms with van der Waals surface area (Å²) >= 11 is 0. The van der Waals surface area contributed by atoms with E-state index in [1.165, 1.54) is 12.1 Å². The zero-order chi connectivity index (χ0) is 13.1. The lowest BCUT2D eigenvalue weighted by molar-refractivity contribution is 0.540. The molecule has 4 nitrogen and oxygen atoms in total. The summed E-state index contributed by atoms with van der Waals surface area (Å²) in [4.78, 5) is -0.0764. The smallest absolute Gasteiger partial charge is 0.240 e. The highest BCUT2D eigenvalue weighted by atomic mass is 32.2. The van der Waals surface area contributed by atoms with Crippen LogP contribution in [0.1, 0.15) is 18.9 Å². The van der Waals surface area contributed by atoms with Crippen LogP contribution >= 0.6 is 0 Å². The van der Waals surface area contributed by atoms with Gasteiger partial charge in [0.25, 0.3) is 0 Å². The van der Waals surface area contributed by atoms with E-state index in [9.17, 15) is 12.8 Å². The Morgan fingerprint density at radius 3 is 2.59 bits per heavy atom. The van der Waals surface area contributed by atoms with Crippen LogP contribution in [-0.4, -0.2) is 21.0 Å². The Labute approximate surface area is 101 Å². The fourth-order valence-electron chi connectivity index (χ4n) is 1.33. The number of halogens is 1. The quantitative estimate of drug-likeness (QED) is 0.834. The van der Waals surface area contributed by atoms with Gasteiger partial charge in [-0.1, -0.05) is 13.0 Å². The number of rotatable bonds is 5. The van der Waals surface area contributed by atoms with E-state index in [0.717, 1.165) is 6.07 Å². The van der Waals surface area contributed by atoms with Gasteiger partial charge in [0, 0.05) is 12.6 Å². The molecule has 0 fully saturated rings. The third kappa shape index (κ3) is 3.49. The maximum atomic E-state index is 13.3. The Morgan fingerprint density at radius 1 is 1.47 bits per heavy atom. The van der Waals surface area contributed by atoms with Crippen molar-refractivity contribution in [3.05, 3.63) is 29.6 Å². The predicted octanol–water partition coefficient (Wildman–Crippen LogP) is 1.15. The van der Waals surface area contributed by atoms with Crippen molar-refractivity contribution in [3.8, 4) is 0 Å². The van der Waals surface area contributed by atoms with Crippen LogP contribution in [0.5, 0.6) is 0 Å². The molecule has 1 atom stereocenters. The fraction of sp³-hybridized carbons (Fsp3) is 0.455. The number of aryl methyl sites for hydroxylation is 1. The molecule has 96 valence electrons. The van der Waals surface area contributed by atoms with Gasteiger partial charge in [0.2, 0.25) is 10.0 Å². The Kier molecular flexibility index (Phi) is 4.62. The lowest BCUT2D eigenvalue weighted by Crippen LogP contribution is -2.39. The first-order chi connectivity index (χ1) is 7.90. The molecule has 0 aliphatic heterocycles. The average Bonchev–Trinajstić information content (AvgIpc) is 2.29. The molecule has 6 heteroatoms. The molecule has 0 aliphatic rings. The molecule has 0 saturated heterocycles. The minimum atomic E-state index is -3.69. The van der Waals surface area contributed by atoms with Crippen LogP contribution in [0.15, 0.2) is 23.1 Å². The second-order valence-corrected chi connectivity index (χ2v) is 5.59. The van der Waals surface area contributed by atoms with Crippen LogP contribution < -0.4 is 10.5 Å². The summed E-state index contributed by atoms with van der Waals surface area (Å²) in [6.07, 6.45) is 0.587. The summed E-state index contributed by atoms with van der Waals surface area (Å²) in [7, 11) is -3.69. The number of sulfonamides is 1. The molecule has 1 aromatic rings. The minimum absolute atomic E-state index is 0.0764. The van der Waals surface area contributed by atoms with Gasteiger partial charge in [-0.05, 0) is 31.0 Å². The second-order valence-electron chi connectivity index (χ2n) is 3.87. The molecule has 0 bridgehead atoms. The van der Waals surface area contributed by atoms with E-state index in [4.69, 9.17) is 5.73 Å². The highest BCUT2D eigenvalue weighted by molar-refractivity contribution is 7.89. The molecule has 1 aromatic carbocycles. The Balaban J connectivity index is 3.01. The van der Waals surface area contributed by atoms with Crippen molar-refractivity contribution in [3.63, 3.8) is 0 Å². The van der Waals surface area contributed by atoms with E-state index in [0.29, 0.717) is 12.0 Å². The lowest BCUT2D eigenvalue weighted by atomic mass is 10.2. The standard InChI is InChI=1S/C11H17FN2O2S/c1-3-9(7-13)14-17(15,16)10-5-4-8(2)11(12)6-10/h4-6,9,14H,3,7,13H2,1-2H3. The Morgan fingerprint density at radius 2 is 2.12 bits per heavy atom. The zero-order valence-electron chi connectivity index (χ0n) is 9.90. The monoisotopic (exact) mass is 260 g/mol. The second kappa shape index (κ2) is 5.57. The van der Waals surface area contributed by atoms with E-state index >= 15 is 0 Å². The van der Waals surface area contributed by atoms with Crippen molar-refractivity contribution in [1.29, 1.82) is 0 Å². The molecular formula is C11H17FN2O2S. The van der Waals surface area contributed by atoms with Gasteiger partial charge in [-0.15, -0.1) is 0 Å². The van der Waals surface area contributed by atoms with Gasteiger partial charge in [-0.2, -0.15) is 0 Å². The van der Waals surface area contributed by atoms with Gasteiger partial charge in [-0.25, -0.2) is 17.5 Å². The molecule has 17 heavy (non-hydrogen) atoms. The predicted molar refractivity (Wildman–Crippen MR) is 64.6 cm³/mol. The number of hydrogen-bond donors (Lipinski definition) is 2. The van der Waals surface area contributed by atoms with Gasteiger partial charge < -0.3 is 5.73 Å². The molecule has 1 rings (SSSR count). The summed E-state index contributed by atoms with van der Waals surface area (Å²) in [6, 6.07) is 3.50. The molecule has 0 saturated carbocycles. The molecular weight excluding hydrogens is 243 g/mol. The molecule has 1 unspecified atom stereocenters. The minimum Gasteiger partial charge on any atom is -0.329 e. The first-order valence-electron chi connectivity index (χ1n) is 5.39. The maximum absolute atomic E-state index is 13.3. The van der Waals surface area contributed by atoms with Crippen LogP contribution in [0.2, 0.25) is 0 Å². The first-order valence-corrected chi connectivity index (χ1v) is 6.87. The van der Waals surface area contributed by atoms with Crippen LogP contribution in [-0.2, 0) is 10.0 Å². The molecule has 0 heterocycles. The SMILES string of the molecule is CCC(CN)NS(=O)(=O)c1ccc(C)c(F)c1. The van der Waals surface area contributed by atoms with Crippen LogP contribution in [0.25, 0.3) is 0 Å². The van der Waals surface area contributed by atoms with Gasteiger partial charge in [0.1, 0.15) is 5.82 Å². The summed E-state index contributed by atoms with van der Waals surface area (Å²) in [5, 5.41) is 0. The lowest BCUT2D eigenvalue weighted by Gasteiger charge is -2.15. The van der Waals surface area contributed by atoms with E-state index in [1.54, 1.807) is 6.92 Å². The number of nitrogens with two attached hydrogens (primary N) is 1. The van der Waals surface area contributed by atoms with E-state index in [1.807, 2.05) is 6.92 Å². The van der Waals surface area contributed by atoms with Crippen LogP contribution in [0.4, 0.5) is 4.39 Å². The van der Waals surface area contributed by atoms with Crippen LogP contribution in [0, 0.1) is 12.7 Å². The first kappa shape index (κ1) is 14.1. The van der Waals surface area contributed by atoms with Crippen molar-refractivity contribution < 1.29 is 12.8 Å². The Hall–Kier alpha value is -0.980. The molecule has 0 spiro atoms. The largest absolute Gasteiger partial charge is 0.329 e. The van der Waals surface area contributed by atoms with Crippen molar-refractivity contribution >= 4 is 10.0 Å². The maximum Gasteiger partial charge on any atom is 0.240 e. The normalized spacial score (nSPS) is 13.6. The molecule has 3 N–H and O–H groups in total. The summed E-state index contributed by atoms with van der Waals surface area (Å²) < 4.78 is 39.5. The highest BCUT2D eigenvalue weighted by Crippen LogP contribution is 2.14. The van der Waals surface area contributed by atoms with Crippen molar-refractivity contribution in [2.24, 2.45) is 5.73 Å². The molecule has 0 aliphatic carbocycles. The van der Waals surface area contributed by atoms with Gasteiger partial charge >= 0.3 is 0 Å². The summed E-state index contributed by atoms with van der Waals surface area (Å²) in [5.41, 5.74) is 5.83. The third-order valence-electron chi connectivity index (χ3n) is 2.55. The number of hydrogen-bond acceptors (Lipinski definition) is 3. The summed E-state index contributed by atoms with van der Waals surface area (Å²) in [6.45, 7) is 3.62. The molecule has 0 aromatic heterocycles. The average molecular weight is 260 g/mol. The molecule has 0 radical (unpaired) electrons. The zero-order valence-corrected chi connectivity index (χ0v) is 10.7. The van der Waals surface area contributed by atoms with E-state index < -0.39 is 15.8 Å². The topological polar surface area (TPSA) is 72.2 Å². The number of benzene rings is 1. The van der Waals surface area contributed by atoms with Gasteiger partial charge in [0.05, 0.1) is 4.90 Å². The van der Waals surface area contributed by atoms with Crippen molar-refractivity contribution in [2.75, 3.05) is 6.54 Å². The van der Waals surface area contributed by atoms with Crippen molar-refractivity contribution in [2.45, 2.75) is 31.2 Å². The highest BCUT2D eigenvalue weighted by Gasteiger charge is 2.18.